The standard InChI is InChI=1S/C16H25N3O.HI/c1-11(2)12(3)19-16(17-4)18-10-14-9-13-7-5-6-8-15(13)20-14;/h5-8,11-12,14H,9-10H2,1-4H3,(H2,17,18,19);1H. The first-order valence-corrected chi connectivity index (χ1v) is 7.32. The lowest BCUT2D eigenvalue weighted by Gasteiger charge is -2.21. The summed E-state index contributed by atoms with van der Waals surface area (Å²) in [6, 6.07) is 8.62. The van der Waals surface area contributed by atoms with Crippen molar-refractivity contribution in [2.45, 2.75) is 39.3 Å². The van der Waals surface area contributed by atoms with Crippen LogP contribution in [0.5, 0.6) is 5.75 Å². The zero-order valence-corrected chi connectivity index (χ0v) is 15.5. The number of halogens is 1. The van der Waals surface area contributed by atoms with Crippen LogP contribution < -0.4 is 15.4 Å². The highest BCUT2D eigenvalue weighted by molar-refractivity contribution is 14.0. The molecule has 0 amide bonds. The van der Waals surface area contributed by atoms with E-state index < -0.39 is 0 Å². The van der Waals surface area contributed by atoms with E-state index in [0.29, 0.717) is 12.0 Å². The van der Waals surface area contributed by atoms with Crippen LogP contribution in [0.25, 0.3) is 0 Å². The van der Waals surface area contributed by atoms with Gasteiger partial charge in [-0.25, -0.2) is 0 Å². The third-order valence-corrected chi connectivity index (χ3v) is 3.80. The van der Waals surface area contributed by atoms with Crippen LogP contribution >= 0.6 is 24.0 Å². The van der Waals surface area contributed by atoms with Gasteiger partial charge in [0.2, 0.25) is 0 Å². The van der Waals surface area contributed by atoms with Crippen LogP contribution in [0, 0.1) is 5.92 Å². The number of hydrogen-bond acceptors (Lipinski definition) is 2. The minimum Gasteiger partial charge on any atom is -0.488 e. The molecule has 1 aliphatic rings. The Morgan fingerprint density at radius 2 is 2.05 bits per heavy atom. The molecule has 5 heteroatoms. The average Bonchev–Trinajstić information content (AvgIpc) is 2.85. The highest BCUT2D eigenvalue weighted by atomic mass is 127. The van der Waals surface area contributed by atoms with Crippen molar-refractivity contribution >= 4 is 29.9 Å². The first kappa shape index (κ1) is 18.1. The molecule has 118 valence electrons. The summed E-state index contributed by atoms with van der Waals surface area (Å²) < 4.78 is 5.91. The zero-order valence-electron chi connectivity index (χ0n) is 13.2. The fourth-order valence-corrected chi connectivity index (χ4v) is 2.16. The normalized spacial score (nSPS) is 18.5. The molecule has 0 aromatic heterocycles. The average molecular weight is 403 g/mol. The third-order valence-electron chi connectivity index (χ3n) is 3.80. The molecule has 1 aliphatic heterocycles. The monoisotopic (exact) mass is 403 g/mol. The van der Waals surface area contributed by atoms with Crippen LogP contribution in [0.1, 0.15) is 26.3 Å². The van der Waals surface area contributed by atoms with Crippen molar-refractivity contribution in [3.05, 3.63) is 29.8 Å². The number of aliphatic imine (C=N–C) groups is 1. The number of rotatable bonds is 4. The molecular formula is C16H26IN3O. The predicted octanol–water partition coefficient (Wildman–Crippen LogP) is 2.82. The highest BCUT2D eigenvalue weighted by Crippen LogP contribution is 2.27. The SMILES string of the molecule is CN=C(NCC1Cc2ccccc2O1)NC(C)C(C)C.I. The van der Waals surface area contributed by atoms with Gasteiger partial charge < -0.3 is 15.4 Å². The number of nitrogens with zero attached hydrogens (tertiary/aromatic N) is 1. The number of para-hydroxylation sites is 1. The molecule has 0 radical (unpaired) electrons. The van der Waals surface area contributed by atoms with E-state index in [2.05, 4.69) is 48.5 Å². The van der Waals surface area contributed by atoms with Gasteiger partial charge in [0.05, 0.1) is 6.54 Å². The predicted molar refractivity (Wildman–Crippen MR) is 98.8 cm³/mol. The van der Waals surface area contributed by atoms with Crippen LogP contribution in [0.3, 0.4) is 0 Å². The maximum atomic E-state index is 5.91. The van der Waals surface area contributed by atoms with E-state index >= 15 is 0 Å². The molecule has 2 rings (SSSR count). The van der Waals surface area contributed by atoms with Crippen molar-refractivity contribution in [3.63, 3.8) is 0 Å². The molecule has 0 fully saturated rings. The third kappa shape index (κ3) is 5.05. The molecule has 0 bridgehead atoms. The molecule has 1 aromatic carbocycles. The second kappa shape index (κ2) is 8.46. The molecule has 2 atom stereocenters. The summed E-state index contributed by atoms with van der Waals surface area (Å²) in [5.41, 5.74) is 1.29. The Morgan fingerprint density at radius 1 is 1.33 bits per heavy atom. The quantitative estimate of drug-likeness (QED) is 0.462. The van der Waals surface area contributed by atoms with Crippen molar-refractivity contribution in [3.8, 4) is 5.75 Å². The van der Waals surface area contributed by atoms with E-state index in [1.54, 1.807) is 7.05 Å². The smallest absolute Gasteiger partial charge is 0.191 e. The highest BCUT2D eigenvalue weighted by Gasteiger charge is 2.22. The molecule has 2 unspecified atom stereocenters. The van der Waals surface area contributed by atoms with Crippen LogP contribution in [-0.4, -0.2) is 31.7 Å². The number of hydrogen-bond donors (Lipinski definition) is 2. The van der Waals surface area contributed by atoms with E-state index in [4.69, 9.17) is 4.74 Å². The molecule has 2 N–H and O–H groups in total. The maximum absolute atomic E-state index is 5.91. The lowest BCUT2D eigenvalue weighted by atomic mass is 10.1. The zero-order chi connectivity index (χ0) is 14.5. The van der Waals surface area contributed by atoms with Gasteiger partial charge in [0, 0.05) is 19.5 Å². The lowest BCUT2D eigenvalue weighted by molar-refractivity contribution is 0.234. The van der Waals surface area contributed by atoms with Gasteiger partial charge in [-0.15, -0.1) is 24.0 Å². The van der Waals surface area contributed by atoms with Gasteiger partial charge in [0.15, 0.2) is 5.96 Å². The topological polar surface area (TPSA) is 45.7 Å². The Hall–Kier alpha value is -0.980. The summed E-state index contributed by atoms with van der Waals surface area (Å²) in [6.07, 6.45) is 1.14. The summed E-state index contributed by atoms with van der Waals surface area (Å²) in [7, 11) is 1.80. The molecule has 0 spiro atoms. The summed E-state index contributed by atoms with van der Waals surface area (Å²) in [6.45, 7) is 7.32. The number of ether oxygens (including phenoxy) is 1. The van der Waals surface area contributed by atoms with Gasteiger partial charge in [0.1, 0.15) is 11.9 Å². The van der Waals surface area contributed by atoms with E-state index in [1.807, 2.05) is 12.1 Å². The largest absolute Gasteiger partial charge is 0.488 e. The Kier molecular flexibility index (Phi) is 7.28. The number of guanidine groups is 1. The van der Waals surface area contributed by atoms with Gasteiger partial charge in [-0.05, 0) is 24.5 Å². The minimum atomic E-state index is 0. The van der Waals surface area contributed by atoms with Crippen molar-refractivity contribution in [2.24, 2.45) is 10.9 Å². The molecule has 21 heavy (non-hydrogen) atoms. The van der Waals surface area contributed by atoms with E-state index in [0.717, 1.165) is 24.7 Å². The Bertz CT molecular complexity index is 451. The van der Waals surface area contributed by atoms with Crippen LogP contribution in [0.4, 0.5) is 0 Å². The molecule has 0 aliphatic carbocycles. The Morgan fingerprint density at radius 3 is 2.67 bits per heavy atom. The van der Waals surface area contributed by atoms with Crippen LogP contribution in [0.15, 0.2) is 29.3 Å². The summed E-state index contributed by atoms with van der Waals surface area (Å²) >= 11 is 0. The van der Waals surface area contributed by atoms with E-state index in [1.165, 1.54) is 5.56 Å². The van der Waals surface area contributed by atoms with Gasteiger partial charge in [-0.3, -0.25) is 4.99 Å². The second-order valence-electron chi connectivity index (χ2n) is 5.68. The van der Waals surface area contributed by atoms with Gasteiger partial charge >= 0.3 is 0 Å². The molecule has 1 heterocycles. The van der Waals surface area contributed by atoms with Gasteiger partial charge in [-0.1, -0.05) is 32.0 Å². The van der Waals surface area contributed by atoms with Gasteiger partial charge in [-0.2, -0.15) is 0 Å². The first-order chi connectivity index (χ1) is 9.60. The number of nitrogens with one attached hydrogen (secondary N) is 2. The van der Waals surface area contributed by atoms with Crippen LogP contribution in [-0.2, 0) is 6.42 Å². The number of fused-ring (bicyclic) bond motifs is 1. The molecule has 0 saturated heterocycles. The fourth-order valence-electron chi connectivity index (χ4n) is 2.16. The molecule has 0 saturated carbocycles. The summed E-state index contributed by atoms with van der Waals surface area (Å²) in [5, 5.41) is 6.74. The van der Waals surface area contributed by atoms with Crippen molar-refractivity contribution in [1.29, 1.82) is 0 Å². The summed E-state index contributed by atoms with van der Waals surface area (Å²) in [4.78, 5) is 4.26. The van der Waals surface area contributed by atoms with Crippen molar-refractivity contribution in [1.82, 2.24) is 10.6 Å². The van der Waals surface area contributed by atoms with Crippen LogP contribution in [0.2, 0.25) is 0 Å². The minimum absolute atomic E-state index is 0. The lowest BCUT2D eigenvalue weighted by Crippen LogP contribution is -2.46. The maximum Gasteiger partial charge on any atom is 0.191 e. The number of benzene rings is 1. The Labute approximate surface area is 144 Å². The Balaban J connectivity index is 0.00000220. The molecule has 1 aromatic rings. The summed E-state index contributed by atoms with van der Waals surface area (Å²) in [5.74, 6) is 2.42. The molecular weight excluding hydrogens is 377 g/mol. The van der Waals surface area contributed by atoms with Crippen molar-refractivity contribution in [2.75, 3.05) is 13.6 Å². The molecule has 4 nitrogen and oxygen atoms in total. The van der Waals surface area contributed by atoms with E-state index in [-0.39, 0.29) is 30.1 Å². The van der Waals surface area contributed by atoms with E-state index in [9.17, 15) is 0 Å². The van der Waals surface area contributed by atoms with Crippen molar-refractivity contribution < 1.29 is 4.74 Å². The van der Waals surface area contributed by atoms with Gasteiger partial charge in [0.25, 0.3) is 0 Å². The second-order valence-corrected chi connectivity index (χ2v) is 5.68. The first-order valence-electron chi connectivity index (χ1n) is 7.32. The fraction of sp³-hybridized carbons (Fsp3) is 0.562.